The first-order valence-electron chi connectivity index (χ1n) is 9.47. The maximum Gasteiger partial charge on any atom is 0.322 e. The van der Waals surface area contributed by atoms with Gasteiger partial charge < -0.3 is 19.5 Å². The minimum atomic E-state index is -1.60. The molecule has 0 saturated carbocycles. The molecule has 3 aromatic rings. The number of fused-ring (bicyclic) bond motifs is 1. The van der Waals surface area contributed by atoms with Gasteiger partial charge in [0.2, 0.25) is 0 Å². The number of rotatable bonds is 5. The van der Waals surface area contributed by atoms with E-state index in [9.17, 15) is 14.4 Å². The molecular formula is C21H17N5O5. The van der Waals surface area contributed by atoms with Gasteiger partial charge in [0.15, 0.2) is 11.3 Å². The van der Waals surface area contributed by atoms with Gasteiger partial charge in [0.05, 0.1) is 13.7 Å². The van der Waals surface area contributed by atoms with Gasteiger partial charge in [0, 0.05) is 36.1 Å². The van der Waals surface area contributed by atoms with Gasteiger partial charge >= 0.3 is 6.03 Å². The number of carbonyl (C=O) groups excluding carboxylic acids is 3. The van der Waals surface area contributed by atoms with Crippen molar-refractivity contribution in [3.8, 4) is 17.0 Å². The number of urea groups is 1. The molecule has 2 aliphatic rings. The molecule has 5 rings (SSSR count). The maximum absolute atomic E-state index is 13.0. The Kier molecular flexibility index (Phi) is 4.21. The molecule has 2 aromatic heterocycles. The highest BCUT2D eigenvalue weighted by atomic mass is 16.5. The molecular weight excluding hydrogens is 402 g/mol. The molecule has 10 nitrogen and oxygen atoms in total. The molecule has 156 valence electrons. The average Bonchev–Trinajstić information content (AvgIpc) is 3.46. The SMILES string of the molecule is COc1ccc2c(c1)C(=O)N(C[C@@]1(c3cc(-c4ccncc4)no3)NC(=O)NC1=O)C2. The van der Waals surface area contributed by atoms with E-state index in [2.05, 4.69) is 20.8 Å². The van der Waals surface area contributed by atoms with Crippen LogP contribution in [0, 0.1) is 0 Å². The van der Waals surface area contributed by atoms with E-state index in [1.165, 1.54) is 12.0 Å². The van der Waals surface area contributed by atoms with Crippen LogP contribution in [0.15, 0.2) is 53.3 Å². The Balaban J connectivity index is 1.50. The number of pyridine rings is 1. The summed E-state index contributed by atoms with van der Waals surface area (Å²) >= 11 is 0. The first-order chi connectivity index (χ1) is 15.0. The van der Waals surface area contributed by atoms with Crippen LogP contribution in [0.3, 0.4) is 0 Å². The largest absolute Gasteiger partial charge is 0.497 e. The van der Waals surface area contributed by atoms with Gasteiger partial charge in [-0.05, 0) is 29.8 Å². The molecule has 0 unspecified atom stereocenters. The average molecular weight is 419 g/mol. The maximum atomic E-state index is 13.0. The monoisotopic (exact) mass is 419 g/mol. The lowest BCUT2D eigenvalue weighted by molar-refractivity contribution is -0.125. The lowest BCUT2D eigenvalue weighted by atomic mass is 9.94. The Morgan fingerprint density at radius 1 is 1.16 bits per heavy atom. The third-order valence-corrected chi connectivity index (χ3v) is 5.47. The Bertz CT molecular complexity index is 1210. The van der Waals surface area contributed by atoms with E-state index < -0.39 is 17.5 Å². The van der Waals surface area contributed by atoms with Crippen molar-refractivity contribution in [2.75, 3.05) is 13.7 Å². The molecule has 0 bridgehead atoms. The van der Waals surface area contributed by atoms with E-state index in [1.54, 1.807) is 42.7 Å². The van der Waals surface area contributed by atoms with Crippen molar-refractivity contribution in [1.29, 1.82) is 0 Å². The molecule has 10 heteroatoms. The van der Waals surface area contributed by atoms with E-state index in [-0.39, 0.29) is 24.8 Å². The third-order valence-electron chi connectivity index (χ3n) is 5.47. The van der Waals surface area contributed by atoms with Gasteiger partial charge in [-0.2, -0.15) is 0 Å². The van der Waals surface area contributed by atoms with Gasteiger partial charge in [-0.15, -0.1) is 0 Å². The Morgan fingerprint density at radius 2 is 1.97 bits per heavy atom. The number of methoxy groups -OCH3 is 1. The highest BCUT2D eigenvalue weighted by Crippen LogP contribution is 2.33. The second-order valence-electron chi connectivity index (χ2n) is 7.31. The molecule has 2 aliphatic heterocycles. The van der Waals surface area contributed by atoms with Crippen LogP contribution >= 0.6 is 0 Å². The van der Waals surface area contributed by atoms with E-state index in [4.69, 9.17) is 9.26 Å². The molecule has 31 heavy (non-hydrogen) atoms. The van der Waals surface area contributed by atoms with Crippen LogP contribution in [0.2, 0.25) is 0 Å². The first kappa shape index (κ1) is 18.8. The minimum Gasteiger partial charge on any atom is -0.497 e. The summed E-state index contributed by atoms with van der Waals surface area (Å²) in [5.41, 5.74) is 0.917. The van der Waals surface area contributed by atoms with E-state index in [1.807, 2.05) is 6.07 Å². The number of hydrogen-bond acceptors (Lipinski definition) is 7. The van der Waals surface area contributed by atoms with Crippen molar-refractivity contribution < 1.29 is 23.6 Å². The summed E-state index contributed by atoms with van der Waals surface area (Å²) in [4.78, 5) is 43.4. The summed E-state index contributed by atoms with van der Waals surface area (Å²) in [6.07, 6.45) is 3.22. The van der Waals surface area contributed by atoms with Crippen LogP contribution < -0.4 is 15.4 Å². The fourth-order valence-electron chi connectivity index (χ4n) is 3.87. The second-order valence-corrected chi connectivity index (χ2v) is 7.31. The predicted octanol–water partition coefficient (Wildman–Crippen LogP) is 1.44. The Morgan fingerprint density at radius 3 is 2.68 bits per heavy atom. The molecule has 4 amide bonds. The van der Waals surface area contributed by atoms with Crippen LogP contribution in [0.1, 0.15) is 21.7 Å². The number of carbonyl (C=O) groups is 3. The smallest absolute Gasteiger partial charge is 0.322 e. The number of hydrogen-bond donors (Lipinski definition) is 2. The molecule has 0 aliphatic carbocycles. The highest BCUT2D eigenvalue weighted by Gasteiger charge is 2.53. The molecule has 0 radical (unpaired) electrons. The van der Waals surface area contributed by atoms with Crippen LogP contribution in [0.25, 0.3) is 11.3 Å². The Hall–Kier alpha value is -4.21. The molecule has 1 saturated heterocycles. The van der Waals surface area contributed by atoms with Crippen molar-refractivity contribution in [2.24, 2.45) is 0 Å². The standard InChI is InChI=1S/C21H17N5O5/c1-30-14-3-2-13-10-26(18(27)15(13)8-14)11-21(19(28)23-20(29)24-21)17-9-16(25-31-17)12-4-6-22-7-5-12/h2-9H,10-11H2,1H3,(H2,23,24,28,29)/t21-/m0/s1. The number of amides is 4. The summed E-state index contributed by atoms with van der Waals surface area (Å²) < 4.78 is 10.7. The summed E-state index contributed by atoms with van der Waals surface area (Å²) in [7, 11) is 1.52. The fraction of sp³-hybridized carbons (Fsp3) is 0.190. The summed E-state index contributed by atoms with van der Waals surface area (Å²) in [6.45, 7) is 0.166. The molecule has 4 heterocycles. The van der Waals surface area contributed by atoms with Crippen molar-refractivity contribution in [3.05, 3.63) is 65.7 Å². The van der Waals surface area contributed by atoms with Gasteiger partial charge in [-0.25, -0.2) is 4.79 Å². The molecule has 1 aromatic carbocycles. The normalized spacial score (nSPS) is 19.9. The third kappa shape index (κ3) is 3.00. The van der Waals surface area contributed by atoms with Crippen LogP contribution in [-0.2, 0) is 16.9 Å². The van der Waals surface area contributed by atoms with E-state index in [0.717, 1.165) is 11.1 Å². The quantitative estimate of drug-likeness (QED) is 0.599. The number of ether oxygens (including phenoxy) is 1. The molecule has 1 atom stereocenters. The lowest BCUT2D eigenvalue weighted by Gasteiger charge is -2.28. The van der Waals surface area contributed by atoms with Gasteiger partial charge in [-0.1, -0.05) is 11.2 Å². The lowest BCUT2D eigenvalue weighted by Crippen LogP contribution is -2.52. The van der Waals surface area contributed by atoms with Gasteiger partial charge in [0.25, 0.3) is 11.8 Å². The topological polar surface area (TPSA) is 127 Å². The highest BCUT2D eigenvalue weighted by molar-refractivity contribution is 6.08. The number of nitrogens with one attached hydrogen (secondary N) is 2. The number of benzene rings is 1. The minimum absolute atomic E-state index is 0.120. The van der Waals surface area contributed by atoms with Crippen molar-refractivity contribution >= 4 is 17.8 Å². The fourth-order valence-corrected chi connectivity index (χ4v) is 3.87. The predicted molar refractivity (Wildman–Crippen MR) is 106 cm³/mol. The van der Waals surface area contributed by atoms with Crippen LogP contribution in [-0.4, -0.2) is 46.5 Å². The number of nitrogens with zero attached hydrogens (tertiary/aromatic N) is 3. The van der Waals surface area contributed by atoms with Gasteiger partial charge in [0.1, 0.15) is 11.4 Å². The van der Waals surface area contributed by atoms with E-state index >= 15 is 0 Å². The summed E-state index contributed by atoms with van der Waals surface area (Å²) in [5, 5.41) is 8.91. The van der Waals surface area contributed by atoms with Crippen molar-refractivity contribution in [1.82, 2.24) is 25.7 Å². The number of aromatic nitrogens is 2. The molecule has 2 N–H and O–H groups in total. The van der Waals surface area contributed by atoms with Crippen LogP contribution in [0.4, 0.5) is 4.79 Å². The zero-order chi connectivity index (χ0) is 21.6. The zero-order valence-electron chi connectivity index (χ0n) is 16.4. The first-order valence-corrected chi connectivity index (χ1v) is 9.47. The summed E-state index contributed by atoms with van der Waals surface area (Å²) in [5.74, 6) is -0.191. The second kappa shape index (κ2) is 6.94. The van der Waals surface area contributed by atoms with Crippen LogP contribution in [0.5, 0.6) is 5.75 Å². The number of imide groups is 1. The summed E-state index contributed by atoms with van der Waals surface area (Å²) in [6, 6.07) is 9.64. The molecule has 0 spiro atoms. The molecule has 1 fully saturated rings. The van der Waals surface area contributed by atoms with Gasteiger partial charge in [-0.3, -0.25) is 19.9 Å². The van der Waals surface area contributed by atoms with Crippen molar-refractivity contribution in [2.45, 2.75) is 12.1 Å². The Labute approximate surface area is 176 Å². The van der Waals surface area contributed by atoms with E-state index in [0.29, 0.717) is 17.0 Å². The van der Waals surface area contributed by atoms with Crippen molar-refractivity contribution in [3.63, 3.8) is 0 Å². The zero-order valence-corrected chi connectivity index (χ0v) is 16.4.